The Morgan fingerprint density at radius 2 is 1.84 bits per heavy atom. The van der Waals surface area contributed by atoms with E-state index in [1.807, 2.05) is 6.07 Å². The summed E-state index contributed by atoms with van der Waals surface area (Å²) in [6.45, 7) is 2.45. The molecule has 1 aliphatic rings. The SMILES string of the molecule is COc1ccc(C(c2cc(N3CCOCC3)nc(-c3ccccn3)n2)S(=O)[O-])cc1OC. The second kappa shape index (κ2) is 10.0. The zero-order valence-corrected chi connectivity index (χ0v) is 18.6. The van der Waals surface area contributed by atoms with Crippen molar-refractivity contribution in [3.8, 4) is 23.0 Å². The van der Waals surface area contributed by atoms with Gasteiger partial charge in [0.1, 0.15) is 11.5 Å². The van der Waals surface area contributed by atoms with Crippen molar-refractivity contribution in [1.29, 1.82) is 0 Å². The Bertz CT molecular complexity index is 1090. The van der Waals surface area contributed by atoms with E-state index in [1.165, 1.54) is 14.2 Å². The Labute approximate surface area is 188 Å². The fourth-order valence-electron chi connectivity index (χ4n) is 3.55. The van der Waals surface area contributed by atoms with Crippen molar-refractivity contribution < 1.29 is 23.0 Å². The summed E-state index contributed by atoms with van der Waals surface area (Å²) >= 11 is -2.50. The van der Waals surface area contributed by atoms with Crippen molar-refractivity contribution in [2.75, 3.05) is 45.4 Å². The number of pyridine rings is 1. The summed E-state index contributed by atoms with van der Waals surface area (Å²) in [6, 6.07) is 12.2. The molecule has 0 radical (unpaired) electrons. The van der Waals surface area contributed by atoms with Crippen molar-refractivity contribution in [3.05, 3.63) is 59.9 Å². The van der Waals surface area contributed by atoms with Crippen molar-refractivity contribution in [3.63, 3.8) is 0 Å². The maximum Gasteiger partial charge on any atom is 0.180 e. The van der Waals surface area contributed by atoms with Gasteiger partial charge in [-0.25, -0.2) is 9.97 Å². The molecular weight excluding hydrogens is 432 g/mol. The molecule has 1 fully saturated rings. The third-order valence-electron chi connectivity index (χ3n) is 5.13. The molecule has 9 nitrogen and oxygen atoms in total. The van der Waals surface area contributed by atoms with E-state index >= 15 is 0 Å². The number of methoxy groups -OCH3 is 2. The average Bonchev–Trinajstić information content (AvgIpc) is 2.84. The third kappa shape index (κ3) is 4.72. The molecule has 1 aromatic carbocycles. The lowest BCUT2D eigenvalue weighted by atomic mass is 10.1. The van der Waals surface area contributed by atoms with Gasteiger partial charge in [-0.3, -0.25) is 9.19 Å². The molecule has 0 bridgehead atoms. The first-order valence-electron chi connectivity index (χ1n) is 10.0. The summed E-state index contributed by atoms with van der Waals surface area (Å²) < 4.78 is 40.9. The maximum atomic E-state index is 12.4. The van der Waals surface area contributed by atoms with Crippen LogP contribution in [0.2, 0.25) is 0 Å². The van der Waals surface area contributed by atoms with Gasteiger partial charge in [0.05, 0.1) is 38.4 Å². The maximum absolute atomic E-state index is 12.4. The number of benzene rings is 1. The molecule has 32 heavy (non-hydrogen) atoms. The van der Waals surface area contributed by atoms with E-state index in [9.17, 15) is 8.76 Å². The number of morpholine rings is 1. The topological polar surface area (TPSA) is 110 Å². The quantitative estimate of drug-likeness (QED) is 0.496. The summed E-state index contributed by atoms with van der Waals surface area (Å²) in [5, 5.41) is -1.03. The molecule has 3 heterocycles. The summed E-state index contributed by atoms with van der Waals surface area (Å²) in [6.07, 6.45) is 1.65. The lowest BCUT2D eigenvalue weighted by molar-refractivity contribution is 0.122. The van der Waals surface area contributed by atoms with Crippen molar-refractivity contribution in [2.45, 2.75) is 5.25 Å². The van der Waals surface area contributed by atoms with Gasteiger partial charge in [0.15, 0.2) is 17.3 Å². The van der Waals surface area contributed by atoms with E-state index in [4.69, 9.17) is 14.2 Å². The average molecular weight is 456 g/mol. The predicted molar refractivity (Wildman–Crippen MR) is 119 cm³/mol. The molecule has 4 rings (SSSR count). The van der Waals surface area contributed by atoms with Crippen LogP contribution in [0.4, 0.5) is 5.82 Å². The molecule has 3 aromatic rings. The summed E-state index contributed by atoms with van der Waals surface area (Å²) in [4.78, 5) is 15.7. The number of anilines is 1. The Kier molecular flexibility index (Phi) is 6.93. The van der Waals surface area contributed by atoms with Gasteiger partial charge in [-0.1, -0.05) is 12.1 Å². The Balaban J connectivity index is 1.84. The van der Waals surface area contributed by atoms with Crippen molar-refractivity contribution in [1.82, 2.24) is 15.0 Å². The molecular formula is C22H23N4O5S-. The monoisotopic (exact) mass is 455 g/mol. The number of rotatable bonds is 7. The van der Waals surface area contributed by atoms with Crippen LogP contribution < -0.4 is 14.4 Å². The first-order valence-corrected chi connectivity index (χ1v) is 11.2. The standard InChI is InChI=1S/C22H24N4O5S/c1-29-18-7-6-15(13-19(18)30-2)21(32(27)28)17-14-20(26-9-11-31-12-10-26)25-22(24-17)16-5-3-4-8-23-16/h3-8,13-14,21H,9-12H2,1-2H3,(H,27,28)/p-1. The largest absolute Gasteiger partial charge is 0.772 e. The molecule has 0 amide bonds. The van der Waals surface area contributed by atoms with Crippen LogP contribution in [0.5, 0.6) is 11.5 Å². The Morgan fingerprint density at radius 3 is 2.50 bits per heavy atom. The number of aromatic nitrogens is 3. The number of hydrogen-bond donors (Lipinski definition) is 0. The zero-order valence-electron chi connectivity index (χ0n) is 17.8. The van der Waals surface area contributed by atoms with Crippen molar-refractivity contribution in [2.24, 2.45) is 0 Å². The molecule has 0 spiro atoms. The van der Waals surface area contributed by atoms with Crippen LogP contribution in [0, 0.1) is 0 Å². The third-order valence-corrected chi connectivity index (χ3v) is 6.03. The molecule has 2 atom stereocenters. The second-order valence-electron chi connectivity index (χ2n) is 7.04. The summed E-state index contributed by atoms with van der Waals surface area (Å²) in [5.41, 5.74) is 1.42. The molecule has 1 saturated heterocycles. The van der Waals surface area contributed by atoms with Crippen LogP contribution in [-0.2, 0) is 15.8 Å². The highest BCUT2D eigenvalue weighted by Gasteiger charge is 2.23. The van der Waals surface area contributed by atoms with E-state index in [1.54, 1.807) is 42.6 Å². The fourth-order valence-corrected chi connectivity index (χ4v) is 4.23. The van der Waals surface area contributed by atoms with Crippen LogP contribution in [0.1, 0.15) is 16.5 Å². The van der Waals surface area contributed by atoms with Gasteiger partial charge in [0.25, 0.3) is 0 Å². The lowest BCUT2D eigenvalue weighted by Crippen LogP contribution is -2.37. The molecule has 10 heteroatoms. The van der Waals surface area contributed by atoms with E-state index < -0.39 is 16.3 Å². The zero-order chi connectivity index (χ0) is 22.5. The van der Waals surface area contributed by atoms with Crippen LogP contribution >= 0.6 is 0 Å². The van der Waals surface area contributed by atoms with Crippen LogP contribution in [-0.4, -0.2) is 64.2 Å². The van der Waals surface area contributed by atoms with Crippen LogP contribution in [0.25, 0.3) is 11.5 Å². The molecule has 0 N–H and O–H groups in total. The van der Waals surface area contributed by atoms with E-state index in [0.717, 1.165) is 0 Å². The predicted octanol–water partition coefficient (Wildman–Crippen LogP) is 2.36. The van der Waals surface area contributed by atoms with Crippen LogP contribution in [0.3, 0.4) is 0 Å². The van der Waals surface area contributed by atoms with E-state index in [2.05, 4.69) is 19.9 Å². The van der Waals surface area contributed by atoms with Gasteiger partial charge >= 0.3 is 0 Å². The number of ether oxygens (including phenoxy) is 3. The van der Waals surface area contributed by atoms with E-state index in [-0.39, 0.29) is 0 Å². The number of hydrogen-bond acceptors (Lipinski definition) is 9. The molecule has 2 unspecified atom stereocenters. The van der Waals surface area contributed by atoms with Gasteiger partial charge in [-0.05, 0) is 40.9 Å². The molecule has 168 valence electrons. The van der Waals surface area contributed by atoms with E-state index in [0.29, 0.717) is 66.4 Å². The first kappa shape index (κ1) is 22.1. The summed E-state index contributed by atoms with van der Waals surface area (Å²) in [5.74, 6) is 1.95. The Morgan fingerprint density at radius 1 is 1.06 bits per heavy atom. The van der Waals surface area contributed by atoms with Gasteiger partial charge < -0.3 is 23.7 Å². The first-order chi connectivity index (χ1) is 15.6. The second-order valence-corrected chi connectivity index (χ2v) is 8.04. The number of nitrogens with zero attached hydrogens (tertiary/aromatic N) is 4. The minimum atomic E-state index is -2.50. The van der Waals surface area contributed by atoms with Gasteiger partial charge in [-0.2, -0.15) is 0 Å². The smallest absolute Gasteiger partial charge is 0.180 e. The van der Waals surface area contributed by atoms with Gasteiger partial charge in [-0.15, -0.1) is 0 Å². The van der Waals surface area contributed by atoms with Gasteiger partial charge in [0, 0.05) is 25.4 Å². The highest BCUT2D eigenvalue weighted by molar-refractivity contribution is 7.79. The van der Waals surface area contributed by atoms with Gasteiger partial charge in [0.2, 0.25) is 0 Å². The normalized spacial score (nSPS) is 15.8. The highest BCUT2D eigenvalue weighted by Crippen LogP contribution is 2.35. The highest BCUT2D eigenvalue weighted by atomic mass is 32.2. The molecule has 0 aliphatic carbocycles. The molecule has 2 aromatic heterocycles. The molecule has 0 saturated carbocycles. The fraction of sp³-hybridized carbons (Fsp3) is 0.318. The lowest BCUT2D eigenvalue weighted by Gasteiger charge is -2.29. The minimum absolute atomic E-state index is 0.350. The Hall–Kier alpha value is -3.08. The van der Waals surface area contributed by atoms with Crippen molar-refractivity contribution >= 4 is 16.9 Å². The summed E-state index contributed by atoms with van der Waals surface area (Å²) in [7, 11) is 3.03. The minimum Gasteiger partial charge on any atom is -0.772 e. The molecule has 1 aliphatic heterocycles. The van der Waals surface area contributed by atoms with Crippen LogP contribution in [0.15, 0.2) is 48.7 Å².